The second-order valence-electron chi connectivity index (χ2n) is 5.25. The summed E-state index contributed by atoms with van der Waals surface area (Å²) in [6, 6.07) is -0.418. The van der Waals surface area contributed by atoms with Gasteiger partial charge in [-0.25, -0.2) is 4.79 Å². The standard InChI is InChI=1S/C14H23N3O3/c1-3-6-17(11-13(18)19)14(20)15-9-12(2)10-16-7-4-5-8-16/h1,12H,4-11H2,2H3,(H,15,20)(H,18,19). The molecule has 0 aromatic heterocycles. The van der Waals surface area contributed by atoms with Gasteiger partial charge in [0.15, 0.2) is 0 Å². The van der Waals surface area contributed by atoms with Gasteiger partial charge >= 0.3 is 12.0 Å². The molecule has 1 saturated heterocycles. The largest absolute Gasteiger partial charge is 0.480 e. The van der Waals surface area contributed by atoms with Gasteiger partial charge in [-0.2, -0.15) is 0 Å². The van der Waals surface area contributed by atoms with E-state index in [1.807, 2.05) is 0 Å². The normalized spacial score (nSPS) is 16.4. The number of amides is 2. The number of carbonyl (C=O) groups is 2. The van der Waals surface area contributed by atoms with Gasteiger partial charge in [0.25, 0.3) is 0 Å². The Bertz CT molecular complexity index is 372. The molecule has 1 unspecified atom stereocenters. The fourth-order valence-electron chi connectivity index (χ4n) is 2.32. The lowest BCUT2D eigenvalue weighted by atomic mass is 10.1. The second kappa shape index (κ2) is 8.43. The molecule has 0 aromatic carbocycles. The topological polar surface area (TPSA) is 72.9 Å². The van der Waals surface area contributed by atoms with Gasteiger partial charge in [0.1, 0.15) is 6.54 Å². The van der Waals surface area contributed by atoms with Crippen LogP contribution in [0.3, 0.4) is 0 Å². The maximum absolute atomic E-state index is 11.9. The van der Waals surface area contributed by atoms with Crippen LogP contribution in [0.15, 0.2) is 0 Å². The van der Waals surface area contributed by atoms with Crippen LogP contribution in [-0.4, -0.2) is 66.2 Å². The van der Waals surface area contributed by atoms with Crippen molar-refractivity contribution in [3.63, 3.8) is 0 Å². The molecule has 1 fully saturated rings. The molecule has 1 rings (SSSR count). The van der Waals surface area contributed by atoms with Crippen LogP contribution in [0.25, 0.3) is 0 Å². The van der Waals surface area contributed by atoms with Crippen LogP contribution in [0.2, 0.25) is 0 Å². The minimum absolute atomic E-state index is 0.00135. The number of aliphatic carboxylic acids is 1. The number of rotatable bonds is 7. The SMILES string of the molecule is C#CCN(CC(=O)O)C(=O)NCC(C)CN1CCCC1. The summed E-state index contributed by atoms with van der Waals surface area (Å²) >= 11 is 0. The molecule has 1 heterocycles. The molecular formula is C14H23N3O3. The van der Waals surface area contributed by atoms with Crippen LogP contribution in [0.5, 0.6) is 0 Å². The number of urea groups is 1. The summed E-state index contributed by atoms with van der Waals surface area (Å²) in [5, 5.41) is 11.5. The van der Waals surface area contributed by atoms with Crippen molar-refractivity contribution in [2.45, 2.75) is 19.8 Å². The monoisotopic (exact) mass is 281 g/mol. The molecule has 6 nitrogen and oxygen atoms in total. The van der Waals surface area contributed by atoms with Gasteiger partial charge in [0.05, 0.1) is 6.54 Å². The van der Waals surface area contributed by atoms with E-state index in [0.717, 1.165) is 24.5 Å². The molecule has 1 atom stereocenters. The Kier molecular flexibility index (Phi) is 6.88. The molecule has 112 valence electrons. The van der Waals surface area contributed by atoms with Gasteiger partial charge in [0, 0.05) is 13.1 Å². The summed E-state index contributed by atoms with van der Waals surface area (Å²) in [7, 11) is 0. The van der Waals surface area contributed by atoms with Crippen LogP contribution >= 0.6 is 0 Å². The van der Waals surface area contributed by atoms with E-state index in [2.05, 4.69) is 23.1 Å². The Labute approximate surface area is 120 Å². The van der Waals surface area contributed by atoms with Gasteiger partial charge in [-0.1, -0.05) is 12.8 Å². The number of hydrogen-bond acceptors (Lipinski definition) is 3. The van der Waals surface area contributed by atoms with E-state index in [1.54, 1.807) is 0 Å². The minimum Gasteiger partial charge on any atom is -0.480 e. The van der Waals surface area contributed by atoms with Crippen LogP contribution in [0, 0.1) is 18.3 Å². The summed E-state index contributed by atoms with van der Waals surface area (Å²) in [5.74, 6) is 1.55. The highest BCUT2D eigenvalue weighted by molar-refractivity contribution is 5.80. The zero-order valence-electron chi connectivity index (χ0n) is 12.0. The second-order valence-corrected chi connectivity index (χ2v) is 5.25. The molecule has 1 aliphatic rings. The van der Waals surface area contributed by atoms with E-state index in [0.29, 0.717) is 12.5 Å². The molecule has 0 spiro atoms. The minimum atomic E-state index is -1.07. The molecule has 2 amide bonds. The van der Waals surface area contributed by atoms with Crippen molar-refractivity contribution in [3.05, 3.63) is 0 Å². The molecule has 0 aromatic rings. The van der Waals surface area contributed by atoms with Crippen molar-refractivity contribution in [2.75, 3.05) is 39.3 Å². The third-order valence-electron chi connectivity index (χ3n) is 3.27. The third-order valence-corrected chi connectivity index (χ3v) is 3.27. The summed E-state index contributed by atoms with van der Waals surface area (Å²) < 4.78 is 0. The smallest absolute Gasteiger partial charge is 0.323 e. The van der Waals surface area contributed by atoms with Crippen LogP contribution in [0.4, 0.5) is 4.79 Å². The lowest BCUT2D eigenvalue weighted by Gasteiger charge is -2.23. The summed E-state index contributed by atoms with van der Waals surface area (Å²) in [5.41, 5.74) is 0. The van der Waals surface area contributed by atoms with Gasteiger partial charge in [-0.05, 0) is 31.8 Å². The average molecular weight is 281 g/mol. The fraction of sp³-hybridized carbons (Fsp3) is 0.714. The zero-order chi connectivity index (χ0) is 15.0. The molecule has 0 radical (unpaired) electrons. The van der Waals surface area contributed by atoms with E-state index < -0.39 is 12.0 Å². The predicted octanol–water partition coefficient (Wildman–Crippen LogP) is 0.448. The lowest BCUT2D eigenvalue weighted by Crippen LogP contribution is -2.45. The first kappa shape index (κ1) is 16.3. The Morgan fingerprint density at radius 3 is 2.65 bits per heavy atom. The van der Waals surface area contributed by atoms with Crippen molar-refractivity contribution in [2.24, 2.45) is 5.92 Å². The fourth-order valence-corrected chi connectivity index (χ4v) is 2.32. The first-order valence-corrected chi connectivity index (χ1v) is 6.93. The molecular weight excluding hydrogens is 258 g/mol. The van der Waals surface area contributed by atoms with Gasteiger partial charge in [-0.3, -0.25) is 4.79 Å². The third kappa shape index (κ3) is 5.93. The van der Waals surface area contributed by atoms with Crippen LogP contribution in [-0.2, 0) is 4.79 Å². The summed E-state index contributed by atoms with van der Waals surface area (Å²) in [4.78, 5) is 26.0. The number of nitrogens with one attached hydrogen (secondary N) is 1. The molecule has 1 aliphatic heterocycles. The first-order valence-electron chi connectivity index (χ1n) is 6.93. The molecule has 0 aliphatic carbocycles. The molecule has 6 heteroatoms. The Morgan fingerprint density at radius 1 is 1.45 bits per heavy atom. The highest BCUT2D eigenvalue weighted by Gasteiger charge is 2.18. The van der Waals surface area contributed by atoms with Crippen molar-refractivity contribution in [1.82, 2.24) is 15.1 Å². The predicted molar refractivity (Wildman–Crippen MR) is 76.3 cm³/mol. The van der Waals surface area contributed by atoms with Crippen molar-refractivity contribution >= 4 is 12.0 Å². The van der Waals surface area contributed by atoms with Crippen molar-refractivity contribution < 1.29 is 14.7 Å². The lowest BCUT2D eigenvalue weighted by molar-refractivity contribution is -0.137. The number of carbonyl (C=O) groups excluding carboxylic acids is 1. The number of carboxylic acid groups (broad SMARTS) is 1. The molecule has 0 saturated carbocycles. The summed E-state index contributed by atoms with van der Waals surface area (Å²) in [6.07, 6.45) is 7.62. The number of nitrogens with zero attached hydrogens (tertiary/aromatic N) is 2. The first-order chi connectivity index (χ1) is 9.52. The van der Waals surface area contributed by atoms with Gasteiger partial charge in [-0.15, -0.1) is 6.42 Å². The number of hydrogen-bond donors (Lipinski definition) is 2. The molecule has 20 heavy (non-hydrogen) atoms. The Balaban J connectivity index is 2.31. The van der Waals surface area contributed by atoms with Crippen LogP contribution in [0.1, 0.15) is 19.8 Å². The van der Waals surface area contributed by atoms with E-state index >= 15 is 0 Å². The molecule has 2 N–H and O–H groups in total. The maximum atomic E-state index is 11.9. The van der Waals surface area contributed by atoms with Gasteiger partial charge < -0.3 is 20.2 Å². The number of terminal acetylenes is 1. The highest BCUT2D eigenvalue weighted by Crippen LogP contribution is 2.09. The average Bonchev–Trinajstić information content (AvgIpc) is 2.87. The Morgan fingerprint density at radius 2 is 2.10 bits per heavy atom. The van der Waals surface area contributed by atoms with Crippen LogP contribution < -0.4 is 5.32 Å². The van der Waals surface area contributed by atoms with Gasteiger partial charge in [0.2, 0.25) is 0 Å². The van der Waals surface area contributed by atoms with Crippen molar-refractivity contribution in [3.8, 4) is 12.3 Å². The highest BCUT2D eigenvalue weighted by atomic mass is 16.4. The van der Waals surface area contributed by atoms with E-state index in [4.69, 9.17) is 11.5 Å². The number of carboxylic acids is 1. The van der Waals surface area contributed by atoms with E-state index in [9.17, 15) is 9.59 Å². The molecule has 0 bridgehead atoms. The zero-order valence-corrected chi connectivity index (χ0v) is 12.0. The Hall–Kier alpha value is -1.74. The quantitative estimate of drug-likeness (QED) is 0.665. The maximum Gasteiger partial charge on any atom is 0.323 e. The van der Waals surface area contributed by atoms with Crippen molar-refractivity contribution in [1.29, 1.82) is 0 Å². The summed E-state index contributed by atoms with van der Waals surface area (Å²) in [6.45, 7) is 5.42. The van der Waals surface area contributed by atoms with E-state index in [-0.39, 0.29) is 13.1 Å². The van der Waals surface area contributed by atoms with E-state index in [1.165, 1.54) is 12.8 Å². The number of likely N-dealkylation sites (tertiary alicyclic amines) is 1.